The van der Waals surface area contributed by atoms with Gasteiger partial charge < -0.3 is 4.74 Å². The average Bonchev–Trinajstić information content (AvgIpc) is 2.57. The quantitative estimate of drug-likeness (QED) is 0.234. The molecule has 0 amide bonds. The van der Waals surface area contributed by atoms with E-state index in [9.17, 15) is 79.4 Å². The SMILES string of the molecule is CCC(C)(C)OC(=O)[C@](F)(OC(F)(F)[C@@](F)(OC(F)(F)C(F)(F)C(F)(F)F)C(F)(F)F)C(F)(F)F. The molecular formula is C14H11F17O4. The fourth-order valence-corrected chi connectivity index (χ4v) is 1.53. The van der Waals surface area contributed by atoms with Crippen LogP contribution >= 0.6 is 0 Å². The van der Waals surface area contributed by atoms with Crippen LogP contribution in [0.25, 0.3) is 0 Å². The molecule has 0 bridgehead atoms. The summed E-state index contributed by atoms with van der Waals surface area (Å²) in [6.07, 6.45) is -39.1. The highest BCUT2D eigenvalue weighted by Gasteiger charge is 2.85. The highest BCUT2D eigenvalue weighted by atomic mass is 19.4. The number of hydrogen-bond donors (Lipinski definition) is 0. The lowest BCUT2D eigenvalue weighted by Crippen LogP contribution is -2.68. The first kappa shape index (κ1) is 33.2. The number of halogens is 17. The van der Waals surface area contributed by atoms with E-state index in [0.29, 0.717) is 13.8 Å². The van der Waals surface area contributed by atoms with Crippen molar-refractivity contribution in [3.8, 4) is 0 Å². The topological polar surface area (TPSA) is 44.8 Å². The van der Waals surface area contributed by atoms with Gasteiger partial charge in [0.2, 0.25) is 0 Å². The summed E-state index contributed by atoms with van der Waals surface area (Å²) in [6, 6.07) is 0. The van der Waals surface area contributed by atoms with E-state index >= 15 is 0 Å². The summed E-state index contributed by atoms with van der Waals surface area (Å²) < 4.78 is 228. The summed E-state index contributed by atoms with van der Waals surface area (Å²) in [5, 5.41) is 0. The van der Waals surface area contributed by atoms with Crippen LogP contribution in [0.15, 0.2) is 0 Å². The molecule has 0 heterocycles. The van der Waals surface area contributed by atoms with Gasteiger partial charge in [-0.1, -0.05) is 6.92 Å². The predicted octanol–water partition coefficient (Wildman–Crippen LogP) is 6.59. The second kappa shape index (κ2) is 8.94. The van der Waals surface area contributed by atoms with Crippen LogP contribution in [-0.4, -0.2) is 59.9 Å². The van der Waals surface area contributed by atoms with Gasteiger partial charge in [0.25, 0.3) is 0 Å². The van der Waals surface area contributed by atoms with Crippen molar-refractivity contribution in [2.75, 3.05) is 0 Å². The maximum atomic E-state index is 14.2. The van der Waals surface area contributed by atoms with E-state index in [0.717, 1.165) is 6.92 Å². The summed E-state index contributed by atoms with van der Waals surface area (Å²) >= 11 is 0. The lowest BCUT2D eigenvalue weighted by atomic mass is 10.1. The molecule has 0 aliphatic carbocycles. The Morgan fingerprint density at radius 3 is 1.29 bits per heavy atom. The van der Waals surface area contributed by atoms with E-state index in [-0.39, 0.29) is 0 Å². The molecule has 0 aromatic heterocycles. The van der Waals surface area contributed by atoms with E-state index < -0.39 is 66.4 Å². The second-order valence-corrected chi connectivity index (χ2v) is 7.00. The molecule has 0 aliphatic heterocycles. The zero-order valence-electron chi connectivity index (χ0n) is 16.8. The Kier molecular flexibility index (Phi) is 8.48. The molecule has 4 nitrogen and oxygen atoms in total. The van der Waals surface area contributed by atoms with Crippen molar-refractivity contribution >= 4 is 5.97 Å². The third-order valence-electron chi connectivity index (χ3n) is 3.85. The lowest BCUT2D eigenvalue weighted by Gasteiger charge is -2.40. The average molecular weight is 566 g/mol. The Labute approximate surface area is 182 Å². The maximum Gasteiger partial charge on any atom is 0.462 e. The Morgan fingerprint density at radius 1 is 0.600 bits per heavy atom. The highest BCUT2D eigenvalue weighted by Crippen LogP contribution is 2.56. The lowest BCUT2D eigenvalue weighted by molar-refractivity contribution is -0.549. The van der Waals surface area contributed by atoms with Crippen LogP contribution in [0.2, 0.25) is 0 Å². The first-order chi connectivity index (χ1) is 14.9. The molecule has 0 N–H and O–H groups in total. The number of rotatable bonds is 9. The Morgan fingerprint density at radius 2 is 1.00 bits per heavy atom. The molecule has 0 aromatic rings. The number of carbonyl (C=O) groups is 1. The highest BCUT2D eigenvalue weighted by molar-refractivity contribution is 5.79. The van der Waals surface area contributed by atoms with Crippen molar-refractivity contribution in [2.45, 2.75) is 81.2 Å². The van der Waals surface area contributed by atoms with Crippen molar-refractivity contribution in [3.05, 3.63) is 0 Å². The van der Waals surface area contributed by atoms with E-state index in [1.165, 1.54) is 4.74 Å². The Hall–Kier alpha value is -1.80. The summed E-state index contributed by atoms with van der Waals surface area (Å²) in [5.74, 6) is -26.4. The minimum atomic E-state index is -8.05. The molecule has 21 heteroatoms. The minimum absolute atomic E-state index is 0.541. The van der Waals surface area contributed by atoms with Gasteiger partial charge in [-0.15, -0.1) is 0 Å². The molecule has 0 radical (unpaired) electrons. The van der Waals surface area contributed by atoms with Gasteiger partial charge in [-0.2, -0.15) is 74.6 Å². The van der Waals surface area contributed by atoms with Crippen molar-refractivity contribution in [1.29, 1.82) is 0 Å². The molecule has 0 fully saturated rings. The number of hydrogen-bond acceptors (Lipinski definition) is 4. The molecule has 0 aliphatic rings. The molecule has 0 unspecified atom stereocenters. The molecule has 210 valence electrons. The van der Waals surface area contributed by atoms with Crippen LogP contribution in [0.3, 0.4) is 0 Å². The molecule has 0 saturated carbocycles. The Balaban J connectivity index is 6.80. The van der Waals surface area contributed by atoms with Crippen LogP contribution in [0.1, 0.15) is 27.2 Å². The first-order valence-corrected chi connectivity index (χ1v) is 8.20. The van der Waals surface area contributed by atoms with Gasteiger partial charge in [0.15, 0.2) is 0 Å². The van der Waals surface area contributed by atoms with Gasteiger partial charge in [0.05, 0.1) is 0 Å². The van der Waals surface area contributed by atoms with Crippen LogP contribution in [0, 0.1) is 0 Å². The molecule has 35 heavy (non-hydrogen) atoms. The number of esters is 1. The van der Waals surface area contributed by atoms with Crippen LogP contribution in [-0.2, 0) is 19.0 Å². The summed E-state index contributed by atoms with van der Waals surface area (Å²) in [6.45, 7) is 2.37. The minimum Gasteiger partial charge on any atom is -0.455 e. The first-order valence-electron chi connectivity index (χ1n) is 8.20. The van der Waals surface area contributed by atoms with E-state index in [4.69, 9.17) is 0 Å². The fraction of sp³-hybridized carbons (Fsp3) is 0.929. The Bertz CT molecular complexity index is 768. The number of carbonyl (C=O) groups excluding carboxylic acids is 1. The van der Waals surface area contributed by atoms with Gasteiger partial charge in [0, 0.05) is 0 Å². The van der Waals surface area contributed by atoms with Gasteiger partial charge in [0.1, 0.15) is 5.60 Å². The van der Waals surface area contributed by atoms with E-state index in [2.05, 4.69) is 4.74 Å². The van der Waals surface area contributed by atoms with Crippen molar-refractivity contribution in [3.63, 3.8) is 0 Å². The molecule has 0 rings (SSSR count). The van der Waals surface area contributed by atoms with Crippen LogP contribution < -0.4 is 0 Å². The van der Waals surface area contributed by atoms with Crippen molar-refractivity contribution < 1.29 is 93.6 Å². The zero-order valence-corrected chi connectivity index (χ0v) is 16.8. The summed E-state index contributed by atoms with van der Waals surface area (Å²) in [4.78, 5) is 11.5. The normalized spacial score (nSPS) is 18.6. The van der Waals surface area contributed by atoms with Gasteiger partial charge in [-0.3, -0.25) is 9.47 Å². The second-order valence-electron chi connectivity index (χ2n) is 7.00. The molecular weight excluding hydrogens is 555 g/mol. The molecule has 0 saturated heterocycles. The number of alkyl halides is 17. The third kappa shape index (κ3) is 6.13. The summed E-state index contributed by atoms with van der Waals surface area (Å²) in [5.41, 5.74) is -2.21. The van der Waals surface area contributed by atoms with Crippen molar-refractivity contribution in [2.24, 2.45) is 0 Å². The third-order valence-corrected chi connectivity index (χ3v) is 3.85. The smallest absolute Gasteiger partial charge is 0.455 e. The fourth-order valence-electron chi connectivity index (χ4n) is 1.53. The van der Waals surface area contributed by atoms with Crippen molar-refractivity contribution in [1.82, 2.24) is 0 Å². The van der Waals surface area contributed by atoms with Gasteiger partial charge >= 0.3 is 54.3 Å². The molecule has 2 atom stereocenters. The van der Waals surface area contributed by atoms with Gasteiger partial charge in [-0.25, -0.2) is 4.79 Å². The largest absolute Gasteiger partial charge is 0.462 e. The molecule has 0 spiro atoms. The van der Waals surface area contributed by atoms with Crippen LogP contribution in [0.5, 0.6) is 0 Å². The summed E-state index contributed by atoms with van der Waals surface area (Å²) in [7, 11) is 0. The zero-order chi connectivity index (χ0) is 28.9. The van der Waals surface area contributed by atoms with E-state index in [1.54, 1.807) is 0 Å². The maximum absolute atomic E-state index is 14.2. The van der Waals surface area contributed by atoms with Gasteiger partial charge in [-0.05, 0) is 20.3 Å². The standard InChI is InChI=1S/C14H11F17O4/c1-4-6(2,3)33-5(32)7(15,10(19,20)21)34-14(30,31)9(18,12(25,26)27)35-13(28,29)8(16,17)11(22,23)24/h4H2,1-3H3/t7-,9-/m0/s1. The molecule has 0 aromatic carbocycles. The monoisotopic (exact) mass is 566 g/mol. The predicted molar refractivity (Wildman–Crippen MR) is 73.3 cm³/mol. The number of ether oxygens (including phenoxy) is 3. The van der Waals surface area contributed by atoms with E-state index in [1.807, 2.05) is 4.74 Å². The van der Waals surface area contributed by atoms with Crippen LogP contribution in [0.4, 0.5) is 74.6 Å².